The fourth-order valence-electron chi connectivity index (χ4n) is 2.28. The number of rotatable bonds is 7. The van der Waals surface area contributed by atoms with Gasteiger partial charge in [-0.3, -0.25) is 4.79 Å². The second-order valence-electron chi connectivity index (χ2n) is 5.71. The van der Waals surface area contributed by atoms with E-state index < -0.39 is 0 Å². The van der Waals surface area contributed by atoms with Crippen LogP contribution >= 0.6 is 0 Å². The number of amides is 1. The Bertz CT molecular complexity index is 705. The van der Waals surface area contributed by atoms with Gasteiger partial charge in [-0.1, -0.05) is 31.5 Å². The van der Waals surface area contributed by atoms with E-state index in [1.807, 2.05) is 11.9 Å². The maximum atomic E-state index is 13.6. The molecule has 0 spiro atoms. The highest BCUT2D eigenvalue weighted by Gasteiger charge is 2.13. The van der Waals surface area contributed by atoms with Crippen LogP contribution in [0.15, 0.2) is 30.3 Å². The van der Waals surface area contributed by atoms with Crippen LogP contribution in [0.4, 0.5) is 10.2 Å². The third kappa shape index (κ3) is 4.75. The van der Waals surface area contributed by atoms with Crippen LogP contribution in [0.5, 0.6) is 0 Å². The van der Waals surface area contributed by atoms with Crippen molar-refractivity contribution in [3.63, 3.8) is 0 Å². The first-order valence-corrected chi connectivity index (χ1v) is 8.09. The zero-order chi connectivity index (χ0) is 17.5. The summed E-state index contributed by atoms with van der Waals surface area (Å²) in [6.45, 7) is 4.87. The van der Waals surface area contributed by atoms with Crippen LogP contribution in [-0.2, 0) is 6.54 Å². The Morgan fingerprint density at radius 2 is 2.04 bits per heavy atom. The first kappa shape index (κ1) is 17.8. The lowest BCUT2D eigenvalue weighted by atomic mass is 10.2. The molecule has 5 nitrogen and oxygen atoms in total. The second-order valence-corrected chi connectivity index (χ2v) is 5.71. The molecule has 0 aliphatic heterocycles. The number of benzene rings is 1. The first-order chi connectivity index (χ1) is 11.5. The number of halogens is 1. The molecular formula is C18H23FN4O. The lowest BCUT2D eigenvalue weighted by molar-refractivity contribution is 0.0945. The Labute approximate surface area is 141 Å². The summed E-state index contributed by atoms with van der Waals surface area (Å²) in [7, 11) is 1.94. The van der Waals surface area contributed by atoms with Gasteiger partial charge in [-0.2, -0.15) is 0 Å². The Balaban J connectivity index is 2.08. The van der Waals surface area contributed by atoms with Crippen LogP contribution < -0.4 is 10.2 Å². The van der Waals surface area contributed by atoms with Crippen molar-refractivity contribution in [1.29, 1.82) is 0 Å². The van der Waals surface area contributed by atoms with E-state index in [4.69, 9.17) is 0 Å². The Kier molecular flexibility index (Phi) is 6.23. The van der Waals surface area contributed by atoms with Gasteiger partial charge in [0.05, 0.1) is 0 Å². The standard InChI is InChI=1S/C18H23FN4O/c1-4-5-10-23(3)17-11-16(21-13(2)22-17)18(24)20-12-14-8-6-7-9-15(14)19/h6-9,11H,4-5,10,12H2,1-3H3,(H,20,24). The third-order valence-electron chi connectivity index (χ3n) is 3.69. The average Bonchev–Trinajstić information content (AvgIpc) is 2.58. The van der Waals surface area contributed by atoms with Crippen LogP contribution in [-0.4, -0.2) is 29.5 Å². The summed E-state index contributed by atoms with van der Waals surface area (Å²) in [5.74, 6) is 0.574. The highest BCUT2D eigenvalue weighted by molar-refractivity contribution is 5.92. The molecule has 0 fully saturated rings. The van der Waals surface area contributed by atoms with E-state index in [9.17, 15) is 9.18 Å². The van der Waals surface area contributed by atoms with Crippen molar-refractivity contribution in [2.45, 2.75) is 33.2 Å². The zero-order valence-corrected chi connectivity index (χ0v) is 14.3. The molecule has 1 aromatic carbocycles. The Morgan fingerprint density at radius 3 is 2.75 bits per heavy atom. The van der Waals surface area contributed by atoms with E-state index >= 15 is 0 Å². The summed E-state index contributed by atoms with van der Waals surface area (Å²) < 4.78 is 13.6. The molecule has 2 rings (SSSR count). The van der Waals surface area contributed by atoms with Crippen LogP contribution in [0.3, 0.4) is 0 Å². The molecule has 128 valence electrons. The molecule has 0 radical (unpaired) electrons. The number of hydrogen-bond donors (Lipinski definition) is 1. The molecule has 1 heterocycles. The van der Waals surface area contributed by atoms with E-state index in [1.165, 1.54) is 6.07 Å². The molecular weight excluding hydrogens is 307 g/mol. The molecule has 1 amide bonds. The Hall–Kier alpha value is -2.50. The molecule has 2 aromatic rings. The van der Waals surface area contributed by atoms with Gasteiger partial charge in [0.25, 0.3) is 5.91 Å². The smallest absolute Gasteiger partial charge is 0.270 e. The predicted octanol–water partition coefficient (Wildman–Crippen LogP) is 3.09. The fraction of sp³-hybridized carbons (Fsp3) is 0.389. The van der Waals surface area contributed by atoms with Gasteiger partial charge in [0.15, 0.2) is 0 Å². The number of nitrogens with one attached hydrogen (secondary N) is 1. The minimum atomic E-state index is -0.339. The maximum Gasteiger partial charge on any atom is 0.270 e. The van der Waals surface area contributed by atoms with Crippen molar-refractivity contribution in [2.24, 2.45) is 0 Å². The monoisotopic (exact) mass is 330 g/mol. The third-order valence-corrected chi connectivity index (χ3v) is 3.69. The highest BCUT2D eigenvalue weighted by Crippen LogP contribution is 2.13. The largest absolute Gasteiger partial charge is 0.360 e. The van der Waals surface area contributed by atoms with E-state index in [-0.39, 0.29) is 24.0 Å². The molecule has 1 aromatic heterocycles. The van der Waals surface area contributed by atoms with Gasteiger partial charge in [-0.05, 0) is 19.4 Å². The molecule has 1 N–H and O–H groups in total. The molecule has 24 heavy (non-hydrogen) atoms. The number of nitrogens with zero attached hydrogens (tertiary/aromatic N) is 3. The van der Waals surface area contributed by atoms with Gasteiger partial charge < -0.3 is 10.2 Å². The molecule has 0 unspecified atom stereocenters. The summed E-state index contributed by atoms with van der Waals surface area (Å²) in [6, 6.07) is 8.04. The highest BCUT2D eigenvalue weighted by atomic mass is 19.1. The number of carbonyl (C=O) groups excluding carboxylic acids is 1. The summed E-state index contributed by atoms with van der Waals surface area (Å²) in [5.41, 5.74) is 0.731. The molecule has 6 heteroatoms. The van der Waals surface area contributed by atoms with Crippen LogP contribution in [0.25, 0.3) is 0 Å². The van der Waals surface area contributed by atoms with Gasteiger partial charge in [-0.25, -0.2) is 14.4 Å². The molecule has 0 saturated carbocycles. The van der Waals surface area contributed by atoms with Gasteiger partial charge in [0, 0.05) is 31.8 Å². The lowest BCUT2D eigenvalue weighted by Crippen LogP contribution is -2.26. The number of aromatic nitrogens is 2. The van der Waals surface area contributed by atoms with Crippen molar-refractivity contribution in [2.75, 3.05) is 18.5 Å². The van der Waals surface area contributed by atoms with Crippen molar-refractivity contribution in [1.82, 2.24) is 15.3 Å². The molecule has 0 saturated heterocycles. The maximum absolute atomic E-state index is 13.6. The zero-order valence-electron chi connectivity index (χ0n) is 14.3. The van der Waals surface area contributed by atoms with Crippen molar-refractivity contribution < 1.29 is 9.18 Å². The number of anilines is 1. The first-order valence-electron chi connectivity index (χ1n) is 8.09. The van der Waals surface area contributed by atoms with E-state index in [0.717, 1.165) is 19.4 Å². The molecule has 0 atom stereocenters. The van der Waals surface area contributed by atoms with Crippen molar-refractivity contribution in [3.05, 3.63) is 53.2 Å². The van der Waals surface area contributed by atoms with Gasteiger partial charge in [-0.15, -0.1) is 0 Å². The van der Waals surface area contributed by atoms with Crippen molar-refractivity contribution in [3.8, 4) is 0 Å². The van der Waals surface area contributed by atoms with Crippen LogP contribution in [0.2, 0.25) is 0 Å². The van der Waals surface area contributed by atoms with Crippen LogP contribution in [0.1, 0.15) is 41.6 Å². The number of unbranched alkanes of at least 4 members (excludes halogenated alkanes) is 1. The van der Waals surface area contributed by atoms with Gasteiger partial charge in [0.1, 0.15) is 23.2 Å². The topological polar surface area (TPSA) is 58.1 Å². The number of aryl methyl sites for hydroxylation is 1. The van der Waals surface area contributed by atoms with Gasteiger partial charge >= 0.3 is 0 Å². The normalized spacial score (nSPS) is 10.5. The average molecular weight is 330 g/mol. The predicted molar refractivity (Wildman–Crippen MR) is 92.5 cm³/mol. The number of hydrogen-bond acceptors (Lipinski definition) is 4. The van der Waals surface area contributed by atoms with E-state index in [1.54, 1.807) is 31.2 Å². The van der Waals surface area contributed by atoms with Crippen LogP contribution in [0, 0.1) is 12.7 Å². The second kappa shape index (κ2) is 8.38. The molecule has 0 aliphatic carbocycles. The summed E-state index contributed by atoms with van der Waals surface area (Å²) >= 11 is 0. The Morgan fingerprint density at radius 1 is 1.29 bits per heavy atom. The SMILES string of the molecule is CCCCN(C)c1cc(C(=O)NCc2ccccc2F)nc(C)n1. The minimum Gasteiger partial charge on any atom is -0.360 e. The molecule has 0 aliphatic rings. The lowest BCUT2D eigenvalue weighted by Gasteiger charge is -2.18. The number of carbonyl (C=O) groups is 1. The summed E-state index contributed by atoms with van der Waals surface area (Å²) in [6.07, 6.45) is 2.14. The fourth-order valence-corrected chi connectivity index (χ4v) is 2.28. The van der Waals surface area contributed by atoms with Crippen molar-refractivity contribution >= 4 is 11.7 Å². The summed E-state index contributed by atoms with van der Waals surface area (Å²) in [5, 5.41) is 2.70. The van der Waals surface area contributed by atoms with E-state index in [2.05, 4.69) is 22.2 Å². The summed E-state index contributed by atoms with van der Waals surface area (Å²) in [4.78, 5) is 22.9. The van der Waals surface area contributed by atoms with E-state index in [0.29, 0.717) is 17.2 Å². The quantitative estimate of drug-likeness (QED) is 0.847. The minimum absolute atomic E-state index is 0.121. The van der Waals surface area contributed by atoms with Gasteiger partial charge in [0.2, 0.25) is 0 Å². The molecule has 0 bridgehead atoms.